The molecular weight excluding hydrogens is 743 g/mol. The molecule has 0 aromatic heterocycles. The highest BCUT2D eigenvalue weighted by Crippen LogP contribution is 2.58. The number of methoxy groups -OCH3 is 1. The summed E-state index contributed by atoms with van der Waals surface area (Å²) in [4.78, 5) is 10.8. The lowest BCUT2D eigenvalue weighted by atomic mass is 10.2. The Kier molecular flexibility index (Phi) is 10.1. The largest absolute Gasteiger partial charge is 0.465 e. The molecule has 3 unspecified atom stereocenters. The van der Waals surface area contributed by atoms with Gasteiger partial charge < -0.3 is 4.74 Å². The van der Waals surface area contributed by atoms with Gasteiger partial charge in [0.2, 0.25) is 0 Å². The molecule has 0 aliphatic heterocycles. The minimum atomic E-state index is -8.35. The van der Waals surface area contributed by atoms with E-state index < -0.39 is 70.7 Å². The summed E-state index contributed by atoms with van der Waals surface area (Å²) in [5, 5.41) is 0. The van der Waals surface area contributed by atoms with Crippen LogP contribution in [0.25, 0.3) is 0 Å². The average molecular weight is 748 g/mol. The SMILES string of the molecule is COC(=O)C(F)(OC(F)(F)C(F)(OC(F)(F)C(F)(OC(F)(F)C(F)(F)CI)C(F)(F)F)C(F)(F)F)C(F)(F)F. The van der Waals surface area contributed by atoms with Crippen LogP contribution >= 0.6 is 22.6 Å². The van der Waals surface area contributed by atoms with E-state index in [0.717, 1.165) is 0 Å². The fraction of sp³-hybridized carbons (Fsp3) is 0.923. The van der Waals surface area contributed by atoms with Gasteiger partial charge in [-0.3, -0.25) is 14.2 Å². The van der Waals surface area contributed by atoms with E-state index >= 15 is 0 Å². The van der Waals surface area contributed by atoms with Crippen molar-refractivity contribution in [1.82, 2.24) is 0 Å². The van der Waals surface area contributed by atoms with E-state index in [2.05, 4.69) is 4.74 Å². The molecule has 234 valence electrons. The standard InChI is InChI=1S/C13H5F20IO5/c1-36-3(35)5(16,8(19,20)21)37-12(30,31)6(17,9(22,23)24)39-13(32,33)7(18,10(25,26)27)38-11(28,29)4(14,15)2-34/h2H2,1H3. The Morgan fingerprint density at radius 3 is 1.10 bits per heavy atom. The number of halogens is 21. The van der Waals surface area contributed by atoms with Gasteiger partial charge in [0.15, 0.2) is 0 Å². The van der Waals surface area contributed by atoms with Crippen LogP contribution in [0.1, 0.15) is 0 Å². The first-order valence-corrected chi connectivity index (χ1v) is 9.72. The van der Waals surface area contributed by atoms with Crippen molar-refractivity contribution in [1.29, 1.82) is 0 Å². The fourth-order valence-corrected chi connectivity index (χ4v) is 2.17. The molecule has 0 fully saturated rings. The monoisotopic (exact) mass is 748 g/mol. The molecule has 0 aliphatic rings. The number of rotatable bonds is 11. The molecule has 26 heteroatoms. The first kappa shape index (κ1) is 37.7. The quantitative estimate of drug-likeness (QED) is 0.102. The van der Waals surface area contributed by atoms with Crippen LogP contribution in [0.2, 0.25) is 0 Å². The van der Waals surface area contributed by atoms with Gasteiger partial charge in [-0.15, -0.1) is 0 Å². The predicted molar refractivity (Wildman–Crippen MR) is 83.6 cm³/mol. The molecule has 5 nitrogen and oxygen atoms in total. The van der Waals surface area contributed by atoms with Crippen LogP contribution in [0.4, 0.5) is 87.8 Å². The second-order valence-electron chi connectivity index (χ2n) is 6.47. The lowest BCUT2D eigenvalue weighted by Crippen LogP contribution is -2.70. The van der Waals surface area contributed by atoms with Gasteiger partial charge in [-0.2, -0.15) is 87.8 Å². The topological polar surface area (TPSA) is 54.0 Å². The van der Waals surface area contributed by atoms with Gasteiger partial charge >= 0.3 is 66.3 Å². The molecule has 0 aliphatic carbocycles. The minimum Gasteiger partial charge on any atom is -0.465 e. The number of carbonyl (C=O) groups excluding carboxylic acids is 1. The highest BCUT2D eigenvalue weighted by molar-refractivity contribution is 14.1. The second-order valence-corrected chi connectivity index (χ2v) is 7.23. The van der Waals surface area contributed by atoms with Crippen molar-refractivity contribution < 1.29 is 112 Å². The molecule has 0 rings (SSSR count). The molecule has 0 aromatic rings. The smallest absolute Gasteiger partial charge is 0.460 e. The second kappa shape index (κ2) is 10.5. The zero-order valence-corrected chi connectivity index (χ0v) is 19.3. The molecule has 0 saturated carbocycles. The highest BCUT2D eigenvalue weighted by atomic mass is 127. The maximum atomic E-state index is 14.2. The Balaban J connectivity index is 7.18. The molecule has 39 heavy (non-hydrogen) atoms. The molecule has 0 spiro atoms. The van der Waals surface area contributed by atoms with Gasteiger partial charge in [0, 0.05) is 0 Å². The molecule has 0 aromatic carbocycles. The zero-order valence-electron chi connectivity index (χ0n) is 17.2. The molecule has 0 saturated heterocycles. The van der Waals surface area contributed by atoms with Gasteiger partial charge in [0.1, 0.15) is 0 Å². The molecule has 0 N–H and O–H groups in total. The number of alkyl halides is 21. The number of hydrogen-bond acceptors (Lipinski definition) is 5. The summed E-state index contributed by atoms with van der Waals surface area (Å²) in [6.07, 6.45) is -47.2. The maximum absolute atomic E-state index is 14.2. The predicted octanol–water partition coefficient (Wildman–Crippen LogP) is 6.74. The van der Waals surface area contributed by atoms with E-state index in [1.807, 2.05) is 0 Å². The first-order chi connectivity index (χ1) is 16.7. The number of ether oxygens (including phenoxy) is 4. The van der Waals surface area contributed by atoms with Crippen LogP contribution in [0.5, 0.6) is 0 Å². The van der Waals surface area contributed by atoms with Gasteiger partial charge in [-0.1, -0.05) is 22.6 Å². The summed E-state index contributed by atoms with van der Waals surface area (Å²) in [5.41, 5.74) is 0. The molecule has 0 bridgehead atoms. The average Bonchev–Trinajstić information content (AvgIpc) is 2.68. The normalized spacial score (nSPS) is 19.6. The molecule has 3 atom stereocenters. The summed E-state index contributed by atoms with van der Waals surface area (Å²) in [6, 6.07) is 0. The zero-order chi connectivity index (χ0) is 32.1. The van der Waals surface area contributed by atoms with Crippen LogP contribution in [0.15, 0.2) is 0 Å². The summed E-state index contributed by atoms with van der Waals surface area (Å²) in [6.45, 7) is 0. The highest BCUT2D eigenvalue weighted by Gasteiger charge is 2.87. The van der Waals surface area contributed by atoms with Crippen LogP contribution in [0.3, 0.4) is 0 Å². The molecule has 0 heterocycles. The van der Waals surface area contributed by atoms with E-state index in [-0.39, 0.29) is 29.7 Å². The molecular formula is C13H5F20IO5. The van der Waals surface area contributed by atoms with Crippen LogP contribution in [0, 0.1) is 0 Å². The van der Waals surface area contributed by atoms with E-state index in [1.165, 1.54) is 4.74 Å². The minimum absolute atomic E-state index is 0.197. The van der Waals surface area contributed by atoms with E-state index in [0.29, 0.717) is 0 Å². The third-order valence-corrected chi connectivity index (χ3v) is 4.65. The summed E-state index contributed by atoms with van der Waals surface area (Å²) in [5.74, 6) is -33.4. The van der Waals surface area contributed by atoms with E-state index in [1.54, 1.807) is 9.47 Å². The van der Waals surface area contributed by atoms with Crippen LogP contribution in [-0.2, 0) is 23.7 Å². The van der Waals surface area contributed by atoms with Crippen molar-refractivity contribution >= 4 is 28.6 Å². The van der Waals surface area contributed by atoms with Gasteiger partial charge in [-0.05, 0) is 0 Å². The summed E-state index contributed by atoms with van der Waals surface area (Å²) in [7, 11) is -0.315. The van der Waals surface area contributed by atoms with Gasteiger partial charge in [0.05, 0.1) is 11.5 Å². The third kappa shape index (κ3) is 6.61. The molecule has 0 amide bonds. The van der Waals surface area contributed by atoms with Crippen molar-refractivity contribution in [3.05, 3.63) is 0 Å². The number of hydrogen-bond donors (Lipinski definition) is 0. The summed E-state index contributed by atoms with van der Waals surface area (Å²) < 4.78 is 271. The summed E-state index contributed by atoms with van der Waals surface area (Å²) >= 11 is 0.197. The number of esters is 1. The number of carbonyl (C=O) groups is 1. The van der Waals surface area contributed by atoms with Crippen molar-refractivity contribution in [2.24, 2.45) is 0 Å². The van der Waals surface area contributed by atoms with Crippen LogP contribution in [-0.4, -0.2) is 77.8 Å². The van der Waals surface area contributed by atoms with Gasteiger partial charge in [0.25, 0.3) is 0 Å². The first-order valence-electron chi connectivity index (χ1n) is 8.19. The fourth-order valence-electron chi connectivity index (χ4n) is 1.72. The Labute approximate surface area is 212 Å². The van der Waals surface area contributed by atoms with Crippen molar-refractivity contribution in [3.63, 3.8) is 0 Å². The Bertz CT molecular complexity index is 885. The Hall–Kier alpha value is -1.32. The Morgan fingerprint density at radius 2 is 0.846 bits per heavy atom. The molecule has 0 radical (unpaired) electrons. The van der Waals surface area contributed by atoms with Crippen molar-refractivity contribution in [2.75, 3.05) is 11.5 Å². The van der Waals surface area contributed by atoms with Crippen molar-refractivity contribution in [3.8, 4) is 0 Å². The lowest BCUT2D eigenvalue weighted by molar-refractivity contribution is -0.573. The van der Waals surface area contributed by atoms with Gasteiger partial charge in [-0.25, -0.2) is 4.79 Å². The van der Waals surface area contributed by atoms with Crippen LogP contribution < -0.4 is 0 Å². The van der Waals surface area contributed by atoms with Crippen molar-refractivity contribution in [2.45, 2.75) is 60.3 Å². The van der Waals surface area contributed by atoms with E-state index in [4.69, 9.17) is 0 Å². The third-order valence-electron chi connectivity index (χ3n) is 3.69. The maximum Gasteiger partial charge on any atom is 0.460 e. The van der Waals surface area contributed by atoms with E-state index in [9.17, 15) is 92.6 Å². The lowest BCUT2D eigenvalue weighted by Gasteiger charge is -2.42. The Morgan fingerprint density at radius 1 is 0.538 bits per heavy atom.